The number of ether oxygens (including phenoxy) is 2. The zero-order valence-corrected chi connectivity index (χ0v) is 38.5. The number of carbonyl (C=O) groups is 1. The summed E-state index contributed by atoms with van der Waals surface area (Å²) in [5, 5.41) is 0.0783. The molecular weight excluding hydrogens is 693 g/mol. The molecule has 0 saturated carbocycles. The van der Waals surface area contributed by atoms with Crippen molar-refractivity contribution < 1.29 is 32.0 Å². The van der Waals surface area contributed by atoms with Crippen LogP contribution >= 0.6 is 0 Å². The van der Waals surface area contributed by atoms with E-state index >= 15 is 0 Å². The number of rotatable bonds is 14. The molecule has 1 aromatic rings. The van der Waals surface area contributed by atoms with Gasteiger partial charge in [0, 0.05) is 35.5 Å². The summed E-state index contributed by atoms with van der Waals surface area (Å²) < 4.78 is 40.2. The lowest BCUT2D eigenvalue weighted by atomic mass is 9.85. The van der Waals surface area contributed by atoms with Crippen molar-refractivity contribution in [2.24, 2.45) is 11.8 Å². The minimum absolute atomic E-state index is 0.0783. The number of fused-ring (bicyclic) bond motifs is 1. The SMILES string of the molecule is CC(C[C@@H]1OC[C@H](C[C@@H]2O[C@H]2[C@H](C)[C@H](C)O[Si](C)(C)C)[C@@H](O[Si](C)(C)C)[C@@H]1O[Si](C)(C)C)=C1Cc2ccc(O[Si](C)(C)C(C)(C)C)cc2C1=O. The van der Waals surface area contributed by atoms with Gasteiger partial charge in [0.25, 0.3) is 0 Å². The van der Waals surface area contributed by atoms with Crippen LogP contribution in [0.3, 0.4) is 0 Å². The number of allylic oxidation sites excluding steroid dienone is 1. The zero-order chi connectivity index (χ0) is 37.8. The molecule has 0 N–H and O–H groups in total. The predicted molar refractivity (Wildman–Crippen MR) is 216 cm³/mol. The minimum Gasteiger partial charge on any atom is -0.543 e. The minimum atomic E-state index is -2.03. The van der Waals surface area contributed by atoms with Crippen LogP contribution < -0.4 is 4.43 Å². The Kier molecular flexibility index (Phi) is 12.6. The van der Waals surface area contributed by atoms with Gasteiger partial charge in [0.2, 0.25) is 8.32 Å². The van der Waals surface area contributed by atoms with Gasteiger partial charge in [0.15, 0.2) is 30.7 Å². The molecule has 2 fully saturated rings. The highest BCUT2D eigenvalue weighted by Gasteiger charge is 2.51. The van der Waals surface area contributed by atoms with Gasteiger partial charge in [0.1, 0.15) is 5.75 Å². The second-order valence-electron chi connectivity index (χ2n) is 19.8. The van der Waals surface area contributed by atoms with Crippen molar-refractivity contribution in [1.82, 2.24) is 0 Å². The van der Waals surface area contributed by atoms with Crippen LogP contribution in [0, 0.1) is 11.8 Å². The van der Waals surface area contributed by atoms with E-state index in [4.69, 9.17) is 27.2 Å². The summed E-state index contributed by atoms with van der Waals surface area (Å²) in [7, 11) is -7.62. The summed E-state index contributed by atoms with van der Waals surface area (Å²) in [5.74, 6) is 1.40. The lowest BCUT2D eigenvalue weighted by Gasteiger charge is -2.47. The van der Waals surface area contributed by atoms with Crippen molar-refractivity contribution in [2.75, 3.05) is 6.61 Å². The normalized spacial score (nSPS) is 28.7. The number of hydrogen-bond donors (Lipinski definition) is 0. The summed E-state index contributed by atoms with van der Waals surface area (Å²) in [5.41, 5.74) is 3.80. The van der Waals surface area contributed by atoms with Gasteiger partial charge in [-0.3, -0.25) is 4.79 Å². The van der Waals surface area contributed by atoms with E-state index in [0.29, 0.717) is 25.4 Å². The lowest BCUT2D eigenvalue weighted by Crippen LogP contribution is -2.58. The van der Waals surface area contributed by atoms with Gasteiger partial charge >= 0.3 is 0 Å². The Labute approximate surface area is 309 Å². The molecular formula is C39H70O7Si4. The van der Waals surface area contributed by atoms with Crippen LogP contribution in [0.2, 0.25) is 77.1 Å². The van der Waals surface area contributed by atoms with Crippen molar-refractivity contribution in [3.8, 4) is 5.75 Å². The molecule has 0 bridgehead atoms. The molecule has 8 atom stereocenters. The first-order chi connectivity index (χ1) is 22.7. The third kappa shape index (κ3) is 10.8. The molecule has 3 aliphatic rings. The number of Topliss-reactive ketones (excluding diaryl/α,β-unsaturated/α-hetero) is 1. The predicted octanol–water partition coefficient (Wildman–Crippen LogP) is 10.0. The van der Waals surface area contributed by atoms with Gasteiger partial charge in [-0.25, -0.2) is 0 Å². The summed E-state index contributed by atoms with van der Waals surface area (Å²) in [6.07, 6.45) is 2.20. The van der Waals surface area contributed by atoms with Gasteiger partial charge in [-0.15, -0.1) is 0 Å². The molecule has 7 nitrogen and oxygen atoms in total. The van der Waals surface area contributed by atoms with E-state index in [-0.39, 0.29) is 53.4 Å². The fourth-order valence-electron chi connectivity index (χ4n) is 7.09. The maximum Gasteiger partial charge on any atom is 0.250 e. The highest BCUT2D eigenvalue weighted by molar-refractivity contribution is 6.74. The molecule has 0 amide bonds. The van der Waals surface area contributed by atoms with Crippen LogP contribution in [0.15, 0.2) is 29.3 Å². The van der Waals surface area contributed by atoms with Crippen molar-refractivity contribution >= 4 is 39.1 Å². The summed E-state index contributed by atoms with van der Waals surface area (Å²) in [6, 6.07) is 6.10. The first kappa shape index (κ1) is 41.8. The van der Waals surface area contributed by atoms with Crippen LogP contribution in [-0.4, -0.2) is 82.3 Å². The van der Waals surface area contributed by atoms with Crippen molar-refractivity contribution in [2.45, 2.75) is 174 Å². The fraction of sp³-hybridized carbons (Fsp3) is 0.769. The Bertz CT molecular complexity index is 1400. The zero-order valence-electron chi connectivity index (χ0n) is 34.5. The summed E-state index contributed by atoms with van der Waals surface area (Å²) in [4.78, 5) is 13.9. The molecule has 1 aromatic carbocycles. The van der Waals surface area contributed by atoms with E-state index in [1.165, 1.54) is 0 Å². The third-order valence-electron chi connectivity index (χ3n) is 10.8. The fourth-order valence-corrected chi connectivity index (χ4v) is 11.7. The standard InChI is InChI=1S/C39H70O7Si4/c1-25(31-21-28-18-19-30(23-32(28)35(31)40)44-50(16,17)39(4,5)6)20-33-38(46-49(13,14)15)37(45-48(10,11)12)29(24-41-33)22-34-36(42-34)26(2)27(3)43-47(7,8)9/h18-19,23,26-27,29,33-34,36-38H,20-22,24H2,1-17H3/t26-,27+,29+,33+,34+,36+,37-,38-/m1/s1. The van der Waals surface area contributed by atoms with Crippen LogP contribution in [0.5, 0.6) is 5.75 Å². The monoisotopic (exact) mass is 762 g/mol. The Morgan fingerprint density at radius 1 is 0.880 bits per heavy atom. The summed E-state index contributed by atoms with van der Waals surface area (Å²) >= 11 is 0. The average Bonchev–Trinajstić information content (AvgIpc) is 3.62. The maximum atomic E-state index is 13.9. The maximum absolute atomic E-state index is 13.9. The van der Waals surface area contributed by atoms with E-state index in [0.717, 1.165) is 34.4 Å². The van der Waals surface area contributed by atoms with Crippen LogP contribution in [-0.2, 0) is 29.2 Å². The largest absolute Gasteiger partial charge is 0.543 e. The van der Waals surface area contributed by atoms with Crippen LogP contribution in [0.1, 0.15) is 70.3 Å². The topological polar surface area (TPSA) is 75.8 Å². The van der Waals surface area contributed by atoms with Gasteiger partial charge in [-0.1, -0.05) is 39.3 Å². The Hall–Kier alpha value is -0.902. The second kappa shape index (κ2) is 15.1. The van der Waals surface area contributed by atoms with Gasteiger partial charge in [-0.2, -0.15) is 0 Å². The smallest absolute Gasteiger partial charge is 0.250 e. The van der Waals surface area contributed by atoms with Gasteiger partial charge < -0.3 is 27.2 Å². The Balaban J connectivity index is 1.54. The molecule has 50 heavy (non-hydrogen) atoms. The Morgan fingerprint density at radius 2 is 1.48 bits per heavy atom. The van der Waals surface area contributed by atoms with Crippen LogP contribution in [0.4, 0.5) is 0 Å². The average molecular weight is 763 g/mol. The number of carbonyl (C=O) groups excluding carboxylic acids is 1. The molecule has 0 spiro atoms. The molecule has 4 rings (SSSR count). The highest BCUT2D eigenvalue weighted by Crippen LogP contribution is 2.43. The second-order valence-corrected chi connectivity index (χ2v) is 37.9. The van der Waals surface area contributed by atoms with Crippen LogP contribution in [0.25, 0.3) is 0 Å². The van der Waals surface area contributed by atoms with Gasteiger partial charge in [0.05, 0.1) is 37.1 Å². The van der Waals surface area contributed by atoms with E-state index < -0.39 is 33.3 Å². The van der Waals surface area contributed by atoms with Gasteiger partial charge in [-0.05, 0) is 121 Å². The highest BCUT2D eigenvalue weighted by atomic mass is 28.4. The molecule has 284 valence electrons. The van der Waals surface area contributed by atoms with E-state index in [2.05, 4.69) is 120 Å². The molecule has 2 aliphatic heterocycles. The molecule has 11 heteroatoms. The van der Waals surface area contributed by atoms with E-state index in [9.17, 15) is 4.79 Å². The van der Waals surface area contributed by atoms with Crippen molar-refractivity contribution in [3.63, 3.8) is 0 Å². The molecule has 2 heterocycles. The molecule has 0 aromatic heterocycles. The van der Waals surface area contributed by atoms with Crippen molar-refractivity contribution in [1.29, 1.82) is 0 Å². The lowest BCUT2D eigenvalue weighted by molar-refractivity contribution is -0.152. The molecule has 0 unspecified atom stereocenters. The summed E-state index contributed by atoms with van der Waals surface area (Å²) in [6.45, 7) is 38.6. The van der Waals surface area contributed by atoms with Crippen molar-refractivity contribution in [3.05, 3.63) is 40.5 Å². The molecule has 2 saturated heterocycles. The first-order valence-corrected chi connectivity index (χ1v) is 32.1. The third-order valence-corrected chi connectivity index (χ3v) is 18.2. The number of epoxide rings is 1. The number of benzene rings is 1. The molecule has 1 aliphatic carbocycles. The van der Waals surface area contributed by atoms with E-state index in [1.807, 2.05) is 12.1 Å². The van der Waals surface area contributed by atoms with E-state index in [1.54, 1.807) is 0 Å². The number of ketones is 1. The quantitative estimate of drug-likeness (QED) is 0.106. The Morgan fingerprint density at radius 3 is 2.04 bits per heavy atom. The molecule has 0 radical (unpaired) electrons. The number of hydrogen-bond acceptors (Lipinski definition) is 7. The first-order valence-electron chi connectivity index (χ1n) is 19.0.